The van der Waals surface area contributed by atoms with Crippen LogP contribution in [-0.2, 0) is 14.3 Å². The maximum absolute atomic E-state index is 12.1. The molecule has 1 saturated heterocycles. The van der Waals surface area contributed by atoms with Crippen molar-refractivity contribution >= 4 is 10.1 Å². The Kier molecular flexibility index (Phi) is 4.83. The molecule has 1 aromatic carbocycles. The van der Waals surface area contributed by atoms with Gasteiger partial charge in [0.2, 0.25) is 0 Å². The standard InChI is InChI=1S/C15H24NO3S/c1-14-6-8-15(9-7-14)20(17,18)19-13-12-16(2)10-4-3-5-11-16/h6-9H,3-5,10-13H2,1-2H3/q+1. The van der Waals surface area contributed by atoms with E-state index in [-0.39, 0.29) is 11.5 Å². The smallest absolute Gasteiger partial charge is 0.297 e. The van der Waals surface area contributed by atoms with Crippen LogP contribution >= 0.6 is 0 Å². The van der Waals surface area contributed by atoms with Crippen molar-refractivity contribution in [2.45, 2.75) is 31.1 Å². The van der Waals surface area contributed by atoms with Gasteiger partial charge in [-0.3, -0.25) is 4.18 Å². The van der Waals surface area contributed by atoms with E-state index in [1.165, 1.54) is 19.3 Å². The van der Waals surface area contributed by atoms with E-state index >= 15 is 0 Å². The summed E-state index contributed by atoms with van der Waals surface area (Å²) in [6.07, 6.45) is 3.73. The number of likely N-dealkylation sites (tertiary alicyclic amines) is 1. The molecule has 20 heavy (non-hydrogen) atoms. The number of aryl methyl sites for hydroxylation is 1. The molecular weight excluding hydrogens is 274 g/mol. The van der Waals surface area contributed by atoms with Crippen LogP contribution in [0, 0.1) is 6.92 Å². The normalized spacial score (nSPS) is 18.9. The Bertz CT molecular complexity index is 531. The number of hydrogen-bond donors (Lipinski definition) is 0. The average molecular weight is 298 g/mol. The second-order valence-electron chi connectivity index (χ2n) is 5.94. The first-order chi connectivity index (χ1) is 9.41. The van der Waals surface area contributed by atoms with E-state index in [4.69, 9.17) is 4.18 Å². The minimum absolute atomic E-state index is 0.240. The van der Waals surface area contributed by atoms with E-state index in [0.717, 1.165) is 29.7 Å². The van der Waals surface area contributed by atoms with Gasteiger partial charge in [0.05, 0.1) is 25.0 Å². The molecule has 1 fully saturated rings. The second-order valence-corrected chi connectivity index (χ2v) is 7.56. The van der Waals surface area contributed by atoms with Gasteiger partial charge in [0.25, 0.3) is 10.1 Å². The summed E-state index contributed by atoms with van der Waals surface area (Å²) in [5.41, 5.74) is 1.04. The molecule has 0 radical (unpaired) electrons. The highest BCUT2D eigenvalue weighted by molar-refractivity contribution is 7.86. The molecule has 1 aliphatic rings. The van der Waals surface area contributed by atoms with Crippen molar-refractivity contribution in [2.75, 3.05) is 33.3 Å². The Balaban J connectivity index is 1.91. The molecule has 0 aliphatic carbocycles. The summed E-state index contributed by atoms with van der Waals surface area (Å²) in [4.78, 5) is 0.240. The van der Waals surface area contributed by atoms with Crippen LogP contribution in [0.3, 0.4) is 0 Å². The lowest BCUT2D eigenvalue weighted by atomic mass is 10.1. The molecule has 112 valence electrons. The molecule has 5 heteroatoms. The maximum atomic E-state index is 12.1. The van der Waals surface area contributed by atoms with E-state index in [9.17, 15) is 8.42 Å². The number of nitrogens with zero attached hydrogens (tertiary/aromatic N) is 1. The average Bonchev–Trinajstić information content (AvgIpc) is 2.39. The van der Waals surface area contributed by atoms with Crippen LogP contribution in [0.2, 0.25) is 0 Å². The lowest BCUT2D eigenvalue weighted by Crippen LogP contribution is -2.49. The highest BCUT2D eigenvalue weighted by Crippen LogP contribution is 2.17. The molecule has 0 atom stereocenters. The van der Waals surface area contributed by atoms with Gasteiger partial charge in [-0.1, -0.05) is 17.7 Å². The number of hydrogen-bond acceptors (Lipinski definition) is 3. The van der Waals surface area contributed by atoms with Crippen molar-refractivity contribution < 1.29 is 17.1 Å². The maximum Gasteiger partial charge on any atom is 0.297 e. The first-order valence-corrected chi connectivity index (χ1v) is 8.62. The molecule has 0 aromatic heterocycles. The number of benzene rings is 1. The largest absolute Gasteiger partial charge is 0.324 e. The van der Waals surface area contributed by atoms with Crippen LogP contribution in [0.4, 0.5) is 0 Å². The van der Waals surface area contributed by atoms with Crippen molar-refractivity contribution in [3.8, 4) is 0 Å². The van der Waals surface area contributed by atoms with Gasteiger partial charge in [-0.15, -0.1) is 0 Å². The molecule has 1 heterocycles. The van der Waals surface area contributed by atoms with Crippen LogP contribution in [0.5, 0.6) is 0 Å². The minimum atomic E-state index is -3.61. The summed E-state index contributed by atoms with van der Waals surface area (Å²) < 4.78 is 30.2. The number of rotatable bonds is 5. The lowest BCUT2D eigenvalue weighted by molar-refractivity contribution is -0.914. The third kappa shape index (κ3) is 4.04. The van der Waals surface area contributed by atoms with Crippen molar-refractivity contribution in [3.05, 3.63) is 29.8 Å². The monoisotopic (exact) mass is 298 g/mol. The molecule has 0 saturated carbocycles. The third-order valence-corrected chi connectivity index (χ3v) is 5.40. The summed E-state index contributed by atoms with van der Waals surface area (Å²) in [5, 5.41) is 0. The van der Waals surface area contributed by atoms with Crippen molar-refractivity contribution in [1.82, 2.24) is 0 Å². The van der Waals surface area contributed by atoms with E-state index in [0.29, 0.717) is 0 Å². The molecule has 0 N–H and O–H groups in total. The highest BCUT2D eigenvalue weighted by Gasteiger charge is 2.25. The van der Waals surface area contributed by atoms with Gasteiger partial charge in [0.1, 0.15) is 13.2 Å². The lowest BCUT2D eigenvalue weighted by Gasteiger charge is -2.37. The van der Waals surface area contributed by atoms with Crippen molar-refractivity contribution in [1.29, 1.82) is 0 Å². The molecule has 0 spiro atoms. The Morgan fingerprint density at radius 1 is 1.10 bits per heavy atom. The highest BCUT2D eigenvalue weighted by atomic mass is 32.2. The number of likely N-dealkylation sites (N-methyl/N-ethyl adjacent to an activating group) is 1. The zero-order chi connectivity index (χ0) is 14.6. The zero-order valence-electron chi connectivity index (χ0n) is 12.3. The van der Waals surface area contributed by atoms with Gasteiger partial charge >= 0.3 is 0 Å². The van der Waals surface area contributed by atoms with Gasteiger partial charge < -0.3 is 4.48 Å². The Labute approximate surface area is 122 Å². The quantitative estimate of drug-likeness (QED) is 0.619. The second kappa shape index (κ2) is 6.24. The molecular formula is C15H24NO3S+. The Hall–Kier alpha value is -0.910. The fourth-order valence-electron chi connectivity index (χ4n) is 2.64. The van der Waals surface area contributed by atoms with Gasteiger partial charge in [0, 0.05) is 0 Å². The predicted molar refractivity (Wildman–Crippen MR) is 79.0 cm³/mol. The molecule has 0 amide bonds. The Morgan fingerprint density at radius 3 is 2.30 bits per heavy atom. The van der Waals surface area contributed by atoms with E-state index < -0.39 is 10.1 Å². The molecule has 0 unspecified atom stereocenters. The first kappa shape index (κ1) is 15.5. The number of piperidine rings is 1. The zero-order valence-corrected chi connectivity index (χ0v) is 13.2. The SMILES string of the molecule is Cc1ccc(S(=O)(=O)OCC[N+]2(C)CCCCC2)cc1. The van der Waals surface area contributed by atoms with Gasteiger partial charge in [-0.2, -0.15) is 8.42 Å². The summed E-state index contributed by atoms with van der Waals surface area (Å²) in [7, 11) is -1.43. The summed E-state index contributed by atoms with van der Waals surface area (Å²) in [6.45, 7) is 5.18. The van der Waals surface area contributed by atoms with Crippen LogP contribution in [-0.4, -0.2) is 46.2 Å². The molecule has 1 aliphatic heterocycles. The van der Waals surface area contributed by atoms with Crippen LogP contribution in [0.25, 0.3) is 0 Å². The van der Waals surface area contributed by atoms with E-state index in [1.807, 2.05) is 6.92 Å². The minimum Gasteiger partial charge on any atom is -0.324 e. The predicted octanol–water partition coefficient (Wildman–Crippen LogP) is 2.33. The van der Waals surface area contributed by atoms with E-state index in [2.05, 4.69) is 7.05 Å². The number of quaternary nitrogens is 1. The molecule has 4 nitrogen and oxygen atoms in total. The third-order valence-electron chi connectivity index (χ3n) is 4.08. The van der Waals surface area contributed by atoms with Gasteiger partial charge in [0.15, 0.2) is 0 Å². The Morgan fingerprint density at radius 2 is 1.70 bits per heavy atom. The summed E-state index contributed by atoms with van der Waals surface area (Å²) in [6, 6.07) is 6.77. The van der Waals surface area contributed by atoms with Crippen molar-refractivity contribution in [3.63, 3.8) is 0 Å². The molecule has 1 aromatic rings. The summed E-state index contributed by atoms with van der Waals surface area (Å²) >= 11 is 0. The molecule has 0 bridgehead atoms. The van der Waals surface area contributed by atoms with Crippen LogP contribution < -0.4 is 0 Å². The van der Waals surface area contributed by atoms with Gasteiger partial charge in [-0.25, -0.2) is 0 Å². The van der Waals surface area contributed by atoms with Crippen LogP contribution in [0.1, 0.15) is 24.8 Å². The van der Waals surface area contributed by atoms with E-state index in [1.54, 1.807) is 24.3 Å². The molecule has 2 rings (SSSR count). The topological polar surface area (TPSA) is 43.4 Å². The summed E-state index contributed by atoms with van der Waals surface area (Å²) in [5.74, 6) is 0. The fourth-order valence-corrected chi connectivity index (χ4v) is 3.54. The fraction of sp³-hybridized carbons (Fsp3) is 0.600. The van der Waals surface area contributed by atoms with Gasteiger partial charge in [-0.05, 0) is 38.3 Å². The van der Waals surface area contributed by atoms with Crippen LogP contribution in [0.15, 0.2) is 29.2 Å². The first-order valence-electron chi connectivity index (χ1n) is 7.21. The van der Waals surface area contributed by atoms with Crippen molar-refractivity contribution in [2.24, 2.45) is 0 Å².